The van der Waals surface area contributed by atoms with Crippen LogP contribution >= 0.6 is 11.6 Å². The molecule has 1 atom stereocenters. The molecule has 1 saturated heterocycles. The van der Waals surface area contributed by atoms with Gasteiger partial charge in [0.1, 0.15) is 11.9 Å². The quantitative estimate of drug-likeness (QED) is 0.930. The van der Waals surface area contributed by atoms with Gasteiger partial charge in [-0.25, -0.2) is 4.98 Å². The van der Waals surface area contributed by atoms with E-state index in [1.807, 2.05) is 11.0 Å². The zero-order chi connectivity index (χ0) is 15.5. The third-order valence-electron chi connectivity index (χ3n) is 4.48. The first kappa shape index (κ1) is 15.1. The van der Waals surface area contributed by atoms with Gasteiger partial charge < -0.3 is 10.2 Å². The molecule has 2 heterocycles. The van der Waals surface area contributed by atoms with E-state index in [4.69, 9.17) is 16.9 Å². The lowest BCUT2D eigenvalue weighted by Crippen LogP contribution is -2.38. The summed E-state index contributed by atoms with van der Waals surface area (Å²) in [5.74, 6) is 0.822. The van der Waals surface area contributed by atoms with Crippen LogP contribution in [0.5, 0.6) is 0 Å². The first-order valence-corrected chi connectivity index (χ1v) is 8.18. The lowest BCUT2D eigenvalue weighted by molar-refractivity contribution is -0.130. The summed E-state index contributed by atoms with van der Waals surface area (Å²) in [5, 5.41) is 12.6. The number of nitrogens with zero attached hydrogens (tertiary/aromatic N) is 3. The van der Waals surface area contributed by atoms with E-state index in [2.05, 4.69) is 10.3 Å². The van der Waals surface area contributed by atoms with Gasteiger partial charge in [-0.2, -0.15) is 5.26 Å². The molecule has 2 aliphatic rings. The Labute approximate surface area is 135 Å². The maximum Gasteiger partial charge on any atom is 0.225 e. The van der Waals surface area contributed by atoms with Crippen LogP contribution in [0.1, 0.15) is 44.2 Å². The maximum atomic E-state index is 12.2. The Morgan fingerprint density at radius 3 is 2.82 bits per heavy atom. The van der Waals surface area contributed by atoms with Crippen molar-refractivity contribution in [2.75, 3.05) is 11.9 Å². The molecule has 5 nitrogen and oxygen atoms in total. The molecule has 1 saturated carbocycles. The van der Waals surface area contributed by atoms with E-state index in [0.29, 0.717) is 23.3 Å². The van der Waals surface area contributed by atoms with Gasteiger partial charge in [-0.15, -0.1) is 0 Å². The number of halogens is 1. The Morgan fingerprint density at radius 2 is 2.09 bits per heavy atom. The molecular weight excluding hydrogens is 300 g/mol. The highest BCUT2D eigenvalue weighted by Gasteiger charge is 2.34. The summed E-state index contributed by atoms with van der Waals surface area (Å²) in [6, 6.07) is 5.83. The number of aromatic nitrogens is 1. The summed E-state index contributed by atoms with van der Waals surface area (Å²) in [7, 11) is 0. The number of hydrogen-bond donors (Lipinski definition) is 1. The number of carbonyl (C=O) groups excluding carboxylic acids is 1. The summed E-state index contributed by atoms with van der Waals surface area (Å²) < 4.78 is 0. The predicted molar refractivity (Wildman–Crippen MR) is 84.6 cm³/mol. The van der Waals surface area contributed by atoms with Crippen LogP contribution in [0, 0.1) is 11.3 Å². The second-order valence-corrected chi connectivity index (χ2v) is 6.43. The third kappa shape index (κ3) is 3.17. The average Bonchev–Trinajstić information content (AvgIpc) is 2.90. The summed E-state index contributed by atoms with van der Waals surface area (Å²) in [6.07, 6.45) is 6.45. The van der Waals surface area contributed by atoms with E-state index in [9.17, 15) is 4.79 Å². The van der Waals surface area contributed by atoms with Crippen molar-refractivity contribution in [3.05, 3.63) is 22.8 Å². The van der Waals surface area contributed by atoms with Crippen molar-refractivity contribution in [3.63, 3.8) is 0 Å². The van der Waals surface area contributed by atoms with E-state index in [-0.39, 0.29) is 17.6 Å². The summed E-state index contributed by atoms with van der Waals surface area (Å²) in [4.78, 5) is 18.5. The molecule has 1 unspecified atom stereocenters. The van der Waals surface area contributed by atoms with E-state index in [0.717, 1.165) is 19.4 Å². The second-order valence-electron chi connectivity index (χ2n) is 6.02. The van der Waals surface area contributed by atoms with Gasteiger partial charge in [-0.1, -0.05) is 30.9 Å². The number of hydrogen-bond acceptors (Lipinski definition) is 4. The second kappa shape index (κ2) is 6.53. The molecule has 1 N–H and O–H groups in total. The number of pyridine rings is 1. The Balaban J connectivity index is 1.65. The Hall–Kier alpha value is -1.80. The van der Waals surface area contributed by atoms with Gasteiger partial charge in [0.05, 0.1) is 11.1 Å². The number of likely N-dealkylation sites (tertiary alicyclic amines) is 1. The lowest BCUT2D eigenvalue weighted by Gasteiger charge is -2.31. The van der Waals surface area contributed by atoms with Crippen molar-refractivity contribution in [1.29, 1.82) is 5.26 Å². The van der Waals surface area contributed by atoms with Crippen molar-refractivity contribution in [2.24, 2.45) is 0 Å². The minimum atomic E-state index is 0.0506. The zero-order valence-corrected chi connectivity index (χ0v) is 13.1. The number of nitrogens with one attached hydrogen (secondary N) is 1. The van der Waals surface area contributed by atoms with Crippen molar-refractivity contribution < 1.29 is 4.79 Å². The summed E-state index contributed by atoms with van der Waals surface area (Å²) in [5.41, 5.74) is 0.208. The molecule has 1 aliphatic heterocycles. The van der Waals surface area contributed by atoms with Gasteiger partial charge in [-0.3, -0.25) is 4.79 Å². The fraction of sp³-hybridized carbons (Fsp3) is 0.562. The summed E-state index contributed by atoms with van der Waals surface area (Å²) in [6.45, 7) is 0.718. The molecule has 0 aromatic carbocycles. The molecule has 6 heteroatoms. The minimum Gasteiger partial charge on any atom is -0.365 e. The highest BCUT2D eigenvalue weighted by atomic mass is 35.5. The standard InChI is InChI=1S/C16H19ClN4O/c17-13-6-7-15(20-14(13)9-18)19-11-8-16(22)21(10-11)12-4-2-1-3-5-12/h6-7,11-12H,1-5,8,10H2,(H,19,20). The molecule has 0 bridgehead atoms. The van der Waals surface area contributed by atoms with Crippen LogP contribution < -0.4 is 5.32 Å². The molecule has 116 valence electrons. The highest BCUT2D eigenvalue weighted by Crippen LogP contribution is 2.27. The first-order chi connectivity index (χ1) is 10.7. The molecule has 1 aromatic rings. The van der Waals surface area contributed by atoms with Crippen molar-refractivity contribution >= 4 is 23.3 Å². The van der Waals surface area contributed by atoms with Gasteiger partial charge in [0.15, 0.2) is 5.69 Å². The molecule has 0 spiro atoms. The van der Waals surface area contributed by atoms with Crippen LogP contribution in [-0.2, 0) is 4.79 Å². The van der Waals surface area contributed by atoms with Crippen LogP contribution in [-0.4, -0.2) is 34.4 Å². The van der Waals surface area contributed by atoms with Crippen LogP contribution in [0.3, 0.4) is 0 Å². The van der Waals surface area contributed by atoms with Gasteiger partial charge in [0.2, 0.25) is 5.91 Å². The molecule has 2 fully saturated rings. The minimum absolute atomic E-state index is 0.0506. The highest BCUT2D eigenvalue weighted by molar-refractivity contribution is 6.31. The molecule has 0 radical (unpaired) electrons. The number of anilines is 1. The fourth-order valence-corrected chi connectivity index (χ4v) is 3.53. The monoisotopic (exact) mass is 318 g/mol. The molecule has 1 aromatic heterocycles. The van der Waals surface area contributed by atoms with Crippen LogP contribution in [0.2, 0.25) is 5.02 Å². The topological polar surface area (TPSA) is 69.0 Å². The Bertz CT molecular complexity index is 607. The third-order valence-corrected chi connectivity index (χ3v) is 4.78. The largest absolute Gasteiger partial charge is 0.365 e. The molecule has 1 amide bonds. The normalized spacial score (nSPS) is 22.6. The smallest absolute Gasteiger partial charge is 0.225 e. The predicted octanol–water partition coefficient (Wildman–Crippen LogP) is 2.95. The molecule has 22 heavy (non-hydrogen) atoms. The van der Waals surface area contributed by atoms with E-state index in [1.165, 1.54) is 19.3 Å². The molecule has 3 rings (SSSR count). The van der Waals surface area contributed by atoms with E-state index < -0.39 is 0 Å². The van der Waals surface area contributed by atoms with E-state index >= 15 is 0 Å². The van der Waals surface area contributed by atoms with Gasteiger partial charge in [-0.05, 0) is 25.0 Å². The molecule has 1 aliphatic carbocycles. The van der Waals surface area contributed by atoms with E-state index in [1.54, 1.807) is 12.1 Å². The number of nitriles is 1. The Morgan fingerprint density at radius 1 is 1.32 bits per heavy atom. The summed E-state index contributed by atoms with van der Waals surface area (Å²) >= 11 is 5.89. The zero-order valence-electron chi connectivity index (χ0n) is 12.4. The van der Waals surface area contributed by atoms with Gasteiger partial charge >= 0.3 is 0 Å². The fourth-order valence-electron chi connectivity index (χ4n) is 3.38. The van der Waals surface area contributed by atoms with Gasteiger partial charge in [0.25, 0.3) is 0 Å². The maximum absolute atomic E-state index is 12.2. The SMILES string of the molecule is N#Cc1nc(NC2CC(=O)N(C3CCCCC3)C2)ccc1Cl. The average molecular weight is 319 g/mol. The van der Waals surface area contributed by atoms with Crippen LogP contribution in [0.25, 0.3) is 0 Å². The molecular formula is C16H19ClN4O. The first-order valence-electron chi connectivity index (χ1n) is 7.80. The van der Waals surface area contributed by atoms with Crippen molar-refractivity contribution in [1.82, 2.24) is 9.88 Å². The van der Waals surface area contributed by atoms with Crippen molar-refractivity contribution in [2.45, 2.75) is 50.6 Å². The van der Waals surface area contributed by atoms with Crippen molar-refractivity contribution in [3.8, 4) is 6.07 Å². The number of carbonyl (C=O) groups is 1. The lowest BCUT2D eigenvalue weighted by atomic mass is 9.94. The number of amides is 1. The van der Waals surface area contributed by atoms with Gasteiger partial charge in [0, 0.05) is 19.0 Å². The number of rotatable bonds is 3. The van der Waals surface area contributed by atoms with Crippen LogP contribution in [0.15, 0.2) is 12.1 Å². The van der Waals surface area contributed by atoms with Crippen LogP contribution in [0.4, 0.5) is 5.82 Å². The Kier molecular flexibility index (Phi) is 4.49.